The SMILES string of the molecule is CC[C@@H](C)C(=O)Nc1cc(C)nn1C1CCCC1. The number of hydrogen-bond donors (Lipinski definition) is 1. The molecule has 0 aliphatic heterocycles. The highest BCUT2D eigenvalue weighted by atomic mass is 16.2. The molecule has 4 heteroatoms. The molecule has 4 nitrogen and oxygen atoms in total. The van der Waals surface area contributed by atoms with Crippen LogP contribution in [0, 0.1) is 12.8 Å². The van der Waals surface area contributed by atoms with Crippen LogP contribution in [0.15, 0.2) is 6.07 Å². The number of carbonyl (C=O) groups is 1. The van der Waals surface area contributed by atoms with Crippen molar-refractivity contribution in [3.63, 3.8) is 0 Å². The lowest BCUT2D eigenvalue weighted by atomic mass is 10.1. The first-order chi connectivity index (χ1) is 8.61. The van der Waals surface area contributed by atoms with Gasteiger partial charge in [-0.05, 0) is 26.2 Å². The van der Waals surface area contributed by atoms with Crippen LogP contribution in [0.2, 0.25) is 0 Å². The van der Waals surface area contributed by atoms with Crippen LogP contribution in [-0.2, 0) is 4.79 Å². The van der Waals surface area contributed by atoms with E-state index in [9.17, 15) is 4.79 Å². The van der Waals surface area contributed by atoms with Crippen LogP contribution in [0.5, 0.6) is 0 Å². The maximum Gasteiger partial charge on any atom is 0.228 e. The minimum atomic E-state index is 0.0530. The first kappa shape index (κ1) is 13.1. The number of carbonyl (C=O) groups excluding carboxylic acids is 1. The molecule has 1 fully saturated rings. The first-order valence-corrected chi connectivity index (χ1v) is 6.98. The van der Waals surface area contributed by atoms with Gasteiger partial charge >= 0.3 is 0 Å². The standard InChI is InChI=1S/C14H23N3O/c1-4-10(2)14(18)15-13-9-11(3)16-17(13)12-7-5-6-8-12/h9-10,12H,4-8H2,1-3H3,(H,15,18)/t10-/m1/s1. The summed E-state index contributed by atoms with van der Waals surface area (Å²) in [5.74, 6) is 1.01. The van der Waals surface area contributed by atoms with Gasteiger partial charge < -0.3 is 5.32 Å². The Kier molecular flexibility index (Phi) is 4.04. The van der Waals surface area contributed by atoms with Crippen LogP contribution in [0.25, 0.3) is 0 Å². The van der Waals surface area contributed by atoms with Gasteiger partial charge in [0.15, 0.2) is 0 Å². The van der Waals surface area contributed by atoms with E-state index in [0.29, 0.717) is 6.04 Å². The van der Waals surface area contributed by atoms with Crippen molar-refractivity contribution < 1.29 is 4.79 Å². The maximum atomic E-state index is 12.0. The Bertz CT molecular complexity index is 419. The van der Waals surface area contributed by atoms with Crippen LogP contribution in [0.4, 0.5) is 5.82 Å². The lowest BCUT2D eigenvalue weighted by Gasteiger charge is -2.16. The Morgan fingerprint density at radius 2 is 2.22 bits per heavy atom. The highest BCUT2D eigenvalue weighted by molar-refractivity contribution is 5.91. The van der Waals surface area contributed by atoms with Gasteiger partial charge in [-0.25, -0.2) is 4.68 Å². The first-order valence-electron chi connectivity index (χ1n) is 6.98. The fraction of sp³-hybridized carbons (Fsp3) is 0.714. The van der Waals surface area contributed by atoms with Gasteiger partial charge in [0.1, 0.15) is 5.82 Å². The van der Waals surface area contributed by atoms with Gasteiger partial charge in [-0.15, -0.1) is 0 Å². The molecule has 100 valence electrons. The molecule has 1 atom stereocenters. The molecular weight excluding hydrogens is 226 g/mol. The smallest absolute Gasteiger partial charge is 0.228 e. The predicted molar refractivity (Wildman–Crippen MR) is 72.6 cm³/mol. The molecular formula is C14H23N3O. The topological polar surface area (TPSA) is 46.9 Å². The molecule has 0 unspecified atom stereocenters. The van der Waals surface area contributed by atoms with E-state index in [4.69, 9.17) is 0 Å². The van der Waals surface area contributed by atoms with E-state index in [0.717, 1.165) is 17.9 Å². The van der Waals surface area contributed by atoms with E-state index in [1.807, 2.05) is 31.5 Å². The minimum absolute atomic E-state index is 0.0530. The second-order valence-corrected chi connectivity index (χ2v) is 5.35. The summed E-state index contributed by atoms with van der Waals surface area (Å²) in [6.45, 7) is 5.96. The molecule has 1 saturated carbocycles. The molecule has 2 rings (SSSR count). The zero-order valence-corrected chi connectivity index (χ0v) is 11.6. The molecule has 1 aromatic heterocycles. The summed E-state index contributed by atoms with van der Waals surface area (Å²) in [4.78, 5) is 12.0. The van der Waals surface area contributed by atoms with Crippen molar-refractivity contribution in [1.82, 2.24) is 9.78 Å². The molecule has 0 saturated heterocycles. The summed E-state index contributed by atoms with van der Waals surface area (Å²) in [6, 6.07) is 2.43. The monoisotopic (exact) mass is 249 g/mol. The maximum absolute atomic E-state index is 12.0. The van der Waals surface area contributed by atoms with Crippen LogP contribution in [-0.4, -0.2) is 15.7 Å². The second-order valence-electron chi connectivity index (χ2n) is 5.35. The van der Waals surface area contributed by atoms with Gasteiger partial charge in [-0.1, -0.05) is 26.7 Å². The number of hydrogen-bond acceptors (Lipinski definition) is 2. The second kappa shape index (κ2) is 5.55. The van der Waals surface area contributed by atoms with Crippen molar-refractivity contribution in [3.8, 4) is 0 Å². The number of anilines is 1. The zero-order chi connectivity index (χ0) is 13.1. The van der Waals surface area contributed by atoms with Crippen LogP contribution in [0.3, 0.4) is 0 Å². The van der Waals surface area contributed by atoms with Crippen LogP contribution < -0.4 is 5.32 Å². The number of amides is 1. The van der Waals surface area contributed by atoms with Crippen molar-refractivity contribution in [1.29, 1.82) is 0 Å². The van der Waals surface area contributed by atoms with Crippen LogP contribution in [0.1, 0.15) is 57.7 Å². The summed E-state index contributed by atoms with van der Waals surface area (Å²) in [7, 11) is 0. The molecule has 18 heavy (non-hydrogen) atoms. The molecule has 1 aromatic rings. The summed E-state index contributed by atoms with van der Waals surface area (Å²) in [5, 5.41) is 7.55. The minimum Gasteiger partial charge on any atom is -0.311 e. The van der Waals surface area contributed by atoms with Gasteiger partial charge in [0.25, 0.3) is 0 Å². The summed E-state index contributed by atoms with van der Waals surface area (Å²) < 4.78 is 2.02. The van der Waals surface area contributed by atoms with Gasteiger partial charge in [-0.3, -0.25) is 4.79 Å². The molecule has 1 amide bonds. The molecule has 0 radical (unpaired) electrons. The lowest BCUT2D eigenvalue weighted by molar-refractivity contribution is -0.119. The Balaban J connectivity index is 2.14. The van der Waals surface area contributed by atoms with Gasteiger partial charge in [-0.2, -0.15) is 5.10 Å². The number of aromatic nitrogens is 2. The third-order valence-corrected chi connectivity index (χ3v) is 3.84. The average Bonchev–Trinajstić information content (AvgIpc) is 2.97. The quantitative estimate of drug-likeness (QED) is 0.890. The molecule has 1 heterocycles. The van der Waals surface area contributed by atoms with Gasteiger partial charge in [0.2, 0.25) is 5.91 Å². The zero-order valence-electron chi connectivity index (χ0n) is 11.6. The fourth-order valence-electron chi connectivity index (χ4n) is 2.47. The van der Waals surface area contributed by atoms with Crippen molar-refractivity contribution in [2.24, 2.45) is 5.92 Å². The summed E-state index contributed by atoms with van der Waals surface area (Å²) >= 11 is 0. The van der Waals surface area contributed by atoms with Crippen molar-refractivity contribution in [2.75, 3.05) is 5.32 Å². The highest BCUT2D eigenvalue weighted by Crippen LogP contribution is 2.31. The van der Waals surface area contributed by atoms with E-state index in [2.05, 4.69) is 10.4 Å². The fourth-order valence-corrected chi connectivity index (χ4v) is 2.47. The van der Waals surface area contributed by atoms with Gasteiger partial charge in [0, 0.05) is 12.0 Å². The van der Waals surface area contributed by atoms with E-state index in [1.54, 1.807) is 0 Å². The summed E-state index contributed by atoms with van der Waals surface area (Å²) in [5.41, 5.74) is 0.973. The molecule has 0 aromatic carbocycles. The van der Waals surface area contributed by atoms with Crippen molar-refractivity contribution in [2.45, 2.75) is 58.9 Å². The summed E-state index contributed by atoms with van der Waals surface area (Å²) in [6.07, 6.45) is 5.74. The molecule has 0 bridgehead atoms. The Morgan fingerprint density at radius 3 is 2.83 bits per heavy atom. The van der Waals surface area contributed by atoms with E-state index in [1.165, 1.54) is 25.7 Å². The number of nitrogens with zero attached hydrogens (tertiary/aromatic N) is 2. The van der Waals surface area contributed by atoms with Crippen molar-refractivity contribution in [3.05, 3.63) is 11.8 Å². The number of aryl methyl sites for hydroxylation is 1. The van der Waals surface area contributed by atoms with E-state index in [-0.39, 0.29) is 11.8 Å². The normalized spacial score (nSPS) is 17.9. The van der Waals surface area contributed by atoms with E-state index >= 15 is 0 Å². The molecule has 1 aliphatic carbocycles. The Labute approximate surface area is 109 Å². The third kappa shape index (κ3) is 2.74. The average molecular weight is 249 g/mol. The number of rotatable bonds is 4. The van der Waals surface area contributed by atoms with E-state index < -0.39 is 0 Å². The molecule has 1 N–H and O–H groups in total. The van der Waals surface area contributed by atoms with Gasteiger partial charge in [0.05, 0.1) is 11.7 Å². The lowest BCUT2D eigenvalue weighted by Crippen LogP contribution is -2.22. The molecule has 0 spiro atoms. The number of nitrogens with one attached hydrogen (secondary N) is 1. The Morgan fingerprint density at radius 1 is 1.56 bits per heavy atom. The van der Waals surface area contributed by atoms with Crippen LogP contribution >= 0.6 is 0 Å². The third-order valence-electron chi connectivity index (χ3n) is 3.84. The Hall–Kier alpha value is -1.32. The van der Waals surface area contributed by atoms with Crippen molar-refractivity contribution >= 4 is 11.7 Å². The largest absolute Gasteiger partial charge is 0.311 e. The highest BCUT2D eigenvalue weighted by Gasteiger charge is 2.22. The molecule has 1 aliphatic rings. The predicted octanol–water partition coefficient (Wildman–Crippen LogP) is 3.29.